The summed E-state index contributed by atoms with van der Waals surface area (Å²) < 4.78 is 1.70. The van der Waals surface area contributed by atoms with E-state index in [0.717, 1.165) is 5.56 Å². The molecule has 18 heavy (non-hydrogen) atoms. The number of carbonyl (C=O) groups is 2. The number of rotatable bonds is 4. The lowest BCUT2D eigenvalue weighted by Crippen LogP contribution is -2.38. The zero-order valence-electron chi connectivity index (χ0n) is 10.5. The van der Waals surface area contributed by atoms with Crippen LogP contribution in [-0.2, 0) is 23.2 Å². The molecule has 2 heterocycles. The van der Waals surface area contributed by atoms with Gasteiger partial charge < -0.3 is 9.80 Å². The minimum absolute atomic E-state index is 0.0446. The molecule has 1 aliphatic rings. The van der Waals surface area contributed by atoms with Crippen molar-refractivity contribution >= 4 is 23.6 Å². The standard InChI is InChI=1S/C11H16N4O2S/c1-13(4-9-3-12-14(2)5-9)10(16)6-15-8-18-7-11(15)17/h3,5H,4,6-8H2,1-2H3. The number of thioether (sulfide) groups is 1. The molecule has 0 saturated carbocycles. The summed E-state index contributed by atoms with van der Waals surface area (Å²) >= 11 is 1.54. The van der Waals surface area contributed by atoms with Crippen molar-refractivity contribution in [1.82, 2.24) is 19.6 Å². The predicted octanol–water partition coefficient (Wildman–Crippen LogP) is -0.0886. The Hall–Kier alpha value is -1.50. The second-order valence-corrected chi connectivity index (χ2v) is 5.30. The summed E-state index contributed by atoms with van der Waals surface area (Å²) in [4.78, 5) is 26.6. The minimum atomic E-state index is -0.0466. The van der Waals surface area contributed by atoms with Crippen molar-refractivity contribution in [3.63, 3.8) is 0 Å². The van der Waals surface area contributed by atoms with Crippen molar-refractivity contribution in [3.8, 4) is 0 Å². The Balaban J connectivity index is 1.86. The van der Waals surface area contributed by atoms with Crippen LogP contribution in [0.2, 0.25) is 0 Å². The second-order valence-electron chi connectivity index (χ2n) is 4.34. The molecule has 1 aromatic heterocycles. The van der Waals surface area contributed by atoms with E-state index < -0.39 is 0 Å². The van der Waals surface area contributed by atoms with Gasteiger partial charge in [0.25, 0.3) is 0 Å². The Kier molecular flexibility index (Phi) is 3.90. The average molecular weight is 268 g/mol. The number of amides is 2. The van der Waals surface area contributed by atoms with Crippen LogP contribution in [-0.4, -0.2) is 56.6 Å². The number of aromatic nitrogens is 2. The third kappa shape index (κ3) is 3.04. The van der Waals surface area contributed by atoms with Crippen LogP contribution in [0.4, 0.5) is 0 Å². The van der Waals surface area contributed by atoms with Gasteiger partial charge >= 0.3 is 0 Å². The fourth-order valence-electron chi connectivity index (χ4n) is 1.74. The topological polar surface area (TPSA) is 58.4 Å². The quantitative estimate of drug-likeness (QED) is 0.766. The second kappa shape index (κ2) is 5.43. The van der Waals surface area contributed by atoms with Crippen LogP contribution in [0.5, 0.6) is 0 Å². The highest BCUT2D eigenvalue weighted by molar-refractivity contribution is 8.00. The maximum absolute atomic E-state index is 12.0. The lowest BCUT2D eigenvalue weighted by Gasteiger charge is -2.20. The molecular formula is C11H16N4O2S. The molecule has 1 fully saturated rings. The third-order valence-electron chi connectivity index (χ3n) is 2.76. The fraction of sp³-hybridized carbons (Fsp3) is 0.545. The highest BCUT2D eigenvalue weighted by Gasteiger charge is 2.24. The van der Waals surface area contributed by atoms with Gasteiger partial charge in [0.2, 0.25) is 11.8 Å². The highest BCUT2D eigenvalue weighted by atomic mass is 32.2. The first-order valence-corrected chi connectivity index (χ1v) is 6.79. The maximum Gasteiger partial charge on any atom is 0.242 e. The summed E-state index contributed by atoms with van der Waals surface area (Å²) in [6.07, 6.45) is 3.61. The molecule has 0 unspecified atom stereocenters. The zero-order chi connectivity index (χ0) is 13.1. The van der Waals surface area contributed by atoms with E-state index in [-0.39, 0.29) is 18.4 Å². The van der Waals surface area contributed by atoms with Crippen molar-refractivity contribution in [2.24, 2.45) is 7.05 Å². The zero-order valence-corrected chi connectivity index (χ0v) is 11.3. The molecule has 1 aliphatic heterocycles. The van der Waals surface area contributed by atoms with Crippen LogP contribution in [0, 0.1) is 0 Å². The van der Waals surface area contributed by atoms with Crippen LogP contribution in [0.25, 0.3) is 0 Å². The molecule has 98 valence electrons. The predicted molar refractivity (Wildman–Crippen MR) is 68.7 cm³/mol. The summed E-state index contributed by atoms with van der Waals surface area (Å²) in [6, 6.07) is 0. The van der Waals surface area contributed by atoms with Gasteiger partial charge in [-0.15, -0.1) is 11.8 Å². The number of aryl methyl sites for hydroxylation is 1. The first-order valence-electron chi connectivity index (χ1n) is 5.63. The van der Waals surface area contributed by atoms with Crippen molar-refractivity contribution < 1.29 is 9.59 Å². The van der Waals surface area contributed by atoms with Gasteiger partial charge in [0.15, 0.2) is 0 Å². The molecule has 0 aliphatic carbocycles. The third-order valence-corrected chi connectivity index (χ3v) is 3.70. The Bertz CT molecular complexity index is 460. The molecule has 2 amide bonds. The molecule has 0 aromatic carbocycles. The van der Waals surface area contributed by atoms with E-state index in [1.165, 1.54) is 0 Å². The van der Waals surface area contributed by atoms with E-state index in [1.54, 1.807) is 39.5 Å². The molecule has 0 spiro atoms. The van der Waals surface area contributed by atoms with Crippen LogP contribution in [0.3, 0.4) is 0 Å². The first-order chi connectivity index (χ1) is 8.56. The molecule has 7 heteroatoms. The molecule has 1 saturated heterocycles. The van der Waals surface area contributed by atoms with Gasteiger partial charge in [-0.05, 0) is 0 Å². The average Bonchev–Trinajstić information content (AvgIpc) is 2.89. The van der Waals surface area contributed by atoms with E-state index in [9.17, 15) is 9.59 Å². The molecule has 6 nitrogen and oxygen atoms in total. The van der Waals surface area contributed by atoms with E-state index in [0.29, 0.717) is 18.2 Å². The molecule has 1 aromatic rings. The Labute approximate surface area is 110 Å². The summed E-state index contributed by atoms with van der Waals surface area (Å²) in [5, 5.41) is 4.06. The SMILES string of the molecule is CN(Cc1cnn(C)c1)C(=O)CN1CSCC1=O. The Morgan fingerprint density at radius 1 is 1.61 bits per heavy atom. The number of likely N-dealkylation sites (N-methyl/N-ethyl adjacent to an activating group) is 1. The summed E-state index contributed by atoms with van der Waals surface area (Å²) in [6.45, 7) is 0.685. The number of nitrogens with zero attached hydrogens (tertiary/aromatic N) is 4. The molecule has 0 atom stereocenters. The van der Waals surface area contributed by atoms with Gasteiger partial charge in [-0.25, -0.2) is 0 Å². The smallest absolute Gasteiger partial charge is 0.242 e. The molecular weight excluding hydrogens is 252 g/mol. The minimum Gasteiger partial charge on any atom is -0.340 e. The van der Waals surface area contributed by atoms with Gasteiger partial charge in [0.05, 0.1) is 17.8 Å². The van der Waals surface area contributed by atoms with Crippen molar-refractivity contribution in [3.05, 3.63) is 18.0 Å². The first kappa shape index (κ1) is 12.9. The summed E-state index contributed by atoms with van der Waals surface area (Å²) in [5.41, 5.74) is 0.982. The highest BCUT2D eigenvalue weighted by Crippen LogP contribution is 2.14. The van der Waals surface area contributed by atoms with Crippen molar-refractivity contribution in [1.29, 1.82) is 0 Å². The summed E-state index contributed by atoms with van der Waals surface area (Å²) in [5.74, 6) is 1.10. The van der Waals surface area contributed by atoms with Gasteiger partial charge in [0.1, 0.15) is 6.54 Å². The molecule has 0 N–H and O–H groups in total. The molecule has 0 radical (unpaired) electrons. The van der Waals surface area contributed by atoms with E-state index in [4.69, 9.17) is 0 Å². The molecule has 0 bridgehead atoms. The van der Waals surface area contributed by atoms with Gasteiger partial charge in [-0.1, -0.05) is 0 Å². The normalized spacial score (nSPS) is 15.2. The van der Waals surface area contributed by atoms with Crippen LogP contribution in [0.15, 0.2) is 12.4 Å². The number of hydrogen-bond donors (Lipinski definition) is 0. The van der Waals surface area contributed by atoms with E-state index >= 15 is 0 Å². The van der Waals surface area contributed by atoms with Crippen LogP contribution >= 0.6 is 11.8 Å². The molecule has 2 rings (SSSR count). The van der Waals surface area contributed by atoms with E-state index in [1.807, 2.05) is 13.2 Å². The van der Waals surface area contributed by atoms with E-state index in [2.05, 4.69) is 5.10 Å². The van der Waals surface area contributed by atoms with Gasteiger partial charge in [0, 0.05) is 32.4 Å². The Morgan fingerprint density at radius 2 is 2.39 bits per heavy atom. The van der Waals surface area contributed by atoms with Gasteiger partial charge in [-0.3, -0.25) is 14.3 Å². The lowest BCUT2D eigenvalue weighted by atomic mass is 10.3. The number of hydrogen-bond acceptors (Lipinski definition) is 4. The van der Waals surface area contributed by atoms with Crippen LogP contribution in [0.1, 0.15) is 5.56 Å². The lowest BCUT2D eigenvalue weighted by molar-refractivity contribution is -0.137. The monoisotopic (exact) mass is 268 g/mol. The fourth-order valence-corrected chi connectivity index (χ4v) is 2.64. The van der Waals surface area contributed by atoms with Crippen molar-refractivity contribution in [2.45, 2.75) is 6.54 Å². The maximum atomic E-state index is 12.0. The van der Waals surface area contributed by atoms with Gasteiger partial charge in [-0.2, -0.15) is 5.10 Å². The van der Waals surface area contributed by atoms with Crippen LogP contribution < -0.4 is 0 Å². The largest absolute Gasteiger partial charge is 0.340 e. The Morgan fingerprint density at radius 3 is 2.94 bits per heavy atom. The number of carbonyl (C=O) groups excluding carboxylic acids is 2. The van der Waals surface area contributed by atoms with Crippen molar-refractivity contribution in [2.75, 3.05) is 25.2 Å². The summed E-state index contributed by atoms with van der Waals surface area (Å²) in [7, 11) is 3.58.